The van der Waals surface area contributed by atoms with E-state index in [-0.39, 0.29) is 21.7 Å². The maximum atomic E-state index is 2.63. The molecule has 0 bridgehead atoms. The van der Waals surface area contributed by atoms with Crippen molar-refractivity contribution in [2.24, 2.45) is 0 Å². The Labute approximate surface area is 510 Å². The van der Waals surface area contributed by atoms with Crippen molar-refractivity contribution in [3.63, 3.8) is 0 Å². The van der Waals surface area contributed by atoms with Crippen LogP contribution < -0.4 is 0 Å². The normalized spacial score (nSPS) is 14.6. The molecule has 0 radical (unpaired) electrons. The molecule has 0 saturated carbocycles. The third kappa shape index (κ3) is 8.52. The van der Waals surface area contributed by atoms with Crippen molar-refractivity contribution in [1.82, 2.24) is 0 Å². The maximum Gasteiger partial charge on any atom is -0.000718 e. The summed E-state index contributed by atoms with van der Waals surface area (Å²) in [6.45, 7) is 28.4. The Morgan fingerprint density at radius 2 is 0.558 bits per heavy atom. The Hall–Kier alpha value is -8.58. The van der Waals surface area contributed by atoms with Gasteiger partial charge >= 0.3 is 0 Å². The first-order valence-electron chi connectivity index (χ1n) is 31.7. The van der Waals surface area contributed by atoms with E-state index in [2.05, 4.69) is 289 Å². The van der Waals surface area contributed by atoms with Gasteiger partial charge in [0.2, 0.25) is 0 Å². The van der Waals surface area contributed by atoms with Gasteiger partial charge in [-0.2, -0.15) is 0 Å². The van der Waals surface area contributed by atoms with E-state index in [0.717, 1.165) is 25.7 Å². The van der Waals surface area contributed by atoms with Crippen LogP contribution in [0.25, 0.3) is 143 Å². The summed E-state index contributed by atoms with van der Waals surface area (Å²) in [4.78, 5) is 0. The molecule has 0 aliphatic heterocycles. The van der Waals surface area contributed by atoms with E-state index < -0.39 is 0 Å². The van der Waals surface area contributed by atoms with E-state index in [1.807, 2.05) is 0 Å². The molecule has 422 valence electrons. The molecule has 0 nitrogen and oxygen atoms in total. The lowest BCUT2D eigenvalue weighted by molar-refractivity contribution is 0.568. The standard InChI is InChI=1S/C86H78/c1-83(2,3)55-43-53(44-56(47-55)84(4,5)6)75-63-35-23-24-36-64(63)76(54-45-57(85(7,8)9)48-58(46-54)86(10,11)12)74-50-72-68-40-42-70-80-69(41-39-67(77(68)80)71(72)49-73(74)75)81-78(61-33-21-19-31-59(61)51-27-15-13-16-28-51)65-37-25-26-38-66(65)79(82(70)81)62-34-22-20-32-60(62)52-29-17-14-18-30-52/h15,17,19-50H,13-14,16,18H2,1-12H3. The molecule has 0 atom stereocenters. The lowest BCUT2D eigenvalue weighted by Crippen LogP contribution is -2.16. The van der Waals surface area contributed by atoms with Gasteiger partial charge in [0, 0.05) is 0 Å². The van der Waals surface area contributed by atoms with Crippen LogP contribution in [0.1, 0.15) is 142 Å². The van der Waals surface area contributed by atoms with Crippen LogP contribution in [0.3, 0.4) is 0 Å². The van der Waals surface area contributed by atoms with Crippen molar-refractivity contribution < 1.29 is 0 Å². The summed E-state index contributed by atoms with van der Waals surface area (Å²) in [5, 5.41) is 10.5. The monoisotopic (exact) mass is 1110 g/mol. The Kier molecular flexibility index (Phi) is 12.2. The van der Waals surface area contributed by atoms with Crippen LogP contribution in [0.5, 0.6) is 0 Å². The molecule has 0 amide bonds. The number of rotatable bonds is 6. The minimum atomic E-state index is -0.0553. The zero-order chi connectivity index (χ0) is 59.3. The molecular weight excluding hydrogens is 1030 g/mol. The van der Waals surface area contributed by atoms with E-state index in [4.69, 9.17) is 0 Å². The third-order valence-corrected chi connectivity index (χ3v) is 19.6. The van der Waals surface area contributed by atoms with Gasteiger partial charge in [0.25, 0.3) is 0 Å². The van der Waals surface area contributed by atoms with Gasteiger partial charge in [0.05, 0.1) is 0 Å². The lowest BCUT2D eigenvalue weighted by atomic mass is 9.76. The highest BCUT2D eigenvalue weighted by molar-refractivity contribution is 6.34. The number of hydrogen-bond donors (Lipinski definition) is 0. The van der Waals surface area contributed by atoms with Gasteiger partial charge in [-0.25, -0.2) is 0 Å². The van der Waals surface area contributed by atoms with Crippen molar-refractivity contribution in [1.29, 1.82) is 0 Å². The summed E-state index contributed by atoms with van der Waals surface area (Å²) < 4.78 is 0. The quantitative estimate of drug-likeness (QED) is 0.146. The van der Waals surface area contributed by atoms with Crippen LogP contribution in [0.2, 0.25) is 0 Å². The van der Waals surface area contributed by atoms with Crippen molar-refractivity contribution in [3.05, 3.63) is 240 Å². The summed E-state index contributed by atoms with van der Waals surface area (Å²) in [6, 6.07) is 67.5. The molecule has 0 saturated heterocycles. The second-order valence-electron chi connectivity index (χ2n) is 29.3. The molecule has 15 rings (SSSR count). The second kappa shape index (κ2) is 19.5. The van der Waals surface area contributed by atoms with E-state index in [0.29, 0.717) is 0 Å². The van der Waals surface area contributed by atoms with Crippen molar-refractivity contribution in [2.45, 2.75) is 130 Å². The Morgan fingerprint density at radius 1 is 0.244 bits per heavy atom. The van der Waals surface area contributed by atoms with Gasteiger partial charge < -0.3 is 0 Å². The minimum absolute atomic E-state index is 0.0553. The molecule has 0 aromatic heterocycles. The van der Waals surface area contributed by atoms with Gasteiger partial charge in [0.1, 0.15) is 0 Å². The molecule has 86 heavy (non-hydrogen) atoms. The van der Waals surface area contributed by atoms with Crippen LogP contribution in [-0.4, -0.2) is 0 Å². The SMILES string of the molecule is CC(C)(C)c1cc(-c2c3ccccc3c(-c3cc(C(C)(C)C)cc(C(C)(C)C)c3)c3cc4c(cc23)-c2ccc3c5c(ccc-4c25)-c2c-3c(-c3ccccc3C3=CCCC=C3)c3ccccc3c2-c2ccccc2C2=CCCC=C2)cc(C(C)(C)C)c1. The van der Waals surface area contributed by atoms with Gasteiger partial charge in [0.15, 0.2) is 0 Å². The first kappa shape index (κ1) is 54.1. The Balaban J connectivity index is 1.08. The largest absolute Gasteiger partial charge is 0.0836 e. The number of benzene rings is 11. The van der Waals surface area contributed by atoms with Crippen LogP contribution in [-0.2, 0) is 21.7 Å². The highest BCUT2D eigenvalue weighted by Crippen LogP contribution is 2.63. The average Bonchev–Trinajstić information content (AvgIpc) is 1.50. The summed E-state index contributed by atoms with van der Waals surface area (Å²) in [7, 11) is 0. The highest BCUT2D eigenvalue weighted by atomic mass is 14.4. The predicted octanol–water partition coefficient (Wildman–Crippen LogP) is 24.9. The lowest BCUT2D eigenvalue weighted by Gasteiger charge is -2.28. The molecule has 0 N–H and O–H groups in total. The van der Waals surface area contributed by atoms with Gasteiger partial charge in [-0.3, -0.25) is 0 Å². The molecule has 11 aromatic carbocycles. The van der Waals surface area contributed by atoms with Crippen molar-refractivity contribution in [3.8, 4) is 89.0 Å². The molecular formula is C86H78. The molecule has 4 aliphatic rings. The Bertz CT molecular complexity index is 4500. The fourth-order valence-electron chi connectivity index (χ4n) is 15.0. The molecule has 0 fully saturated rings. The van der Waals surface area contributed by atoms with E-state index in [9.17, 15) is 0 Å². The van der Waals surface area contributed by atoms with E-state index >= 15 is 0 Å². The zero-order valence-corrected chi connectivity index (χ0v) is 52.5. The third-order valence-electron chi connectivity index (χ3n) is 19.6. The highest BCUT2D eigenvalue weighted by Gasteiger charge is 2.37. The fourth-order valence-corrected chi connectivity index (χ4v) is 15.0. The van der Waals surface area contributed by atoms with Crippen molar-refractivity contribution in [2.75, 3.05) is 0 Å². The van der Waals surface area contributed by atoms with Crippen LogP contribution >= 0.6 is 0 Å². The maximum absolute atomic E-state index is 2.63. The van der Waals surface area contributed by atoms with E-state index in [1.165, 1.54) is 177 Å². The smallest absolute Gasteiger partial charge is 0.000718 e. The zero-order valence-electron chi connectivity index (χ0n) is 52.5. The van der Waals surface area contributed by atoms with Gasteiger partial charge in [-0.15, -0.1) is 0 Å². The summed E-state index contributed by atoms with van der Waals surface area (Å²) in [5.41, 5.74) is 31.4. The summed E-state index contributed by atoms with van der Waals surface area (Å²) in [6.07, 6.45) is 18.6. The van der Waals surface area contributed by atoms with Crippen LogP contribution in [0, 0.1) is 0 Å². The number of allylic oxidation sites excluding steroid dienone is 8. The molecule has 11 aromatic rings. The Morgan fingerprint density at radius 3 is 0.895 bits per heavy atom. The molecule has 0 heterocycles. The van der Waals surface area contributed by atoms with Gasteiger partial charge in [-0.05, 0) is 236 Å². The molecule has 0 spiro atoms. The van der Waals surface area contributed by atoms with Crippen molar-refractivity contribution >= 4 is 54.2 Å². The summed E-state index contributed by atoms with van der Waals surface area (Å²) >= 11 is 0. The fraction of sp³-hybridized carbons (Fsp3) is 0.233. The first-order chi connectivity index (χ1) is 41.2. The number of fused-ring (bicyclic) bond motifs is 9. The molecule has 0 unspecified atom stereocenters. The van der Waals surface area contributed by atoms with Gasteiger partial charge in [-0.1, -0.05) is 277 Å². The van der Waals surface area contributed by atoms with Crippen LogP contribution in [0.15, 0.2) is 206 Å². The first-order valence-corrected chi connectivity index (χ1v) is 31.7. The second-order valence-corrected chi connectivity index (χ2v) is 29.3. The number of hydrogen-bond acceptors (Lipinski definition) is 0. The van der Waals surface area contributed by atoms with E-state index in [1.54, 1.807) is 0 Å². The molecule has 0 heteroatoms. The average molecular weight is 1110 g/mol. The minimum Gasteiger partial charge on any atom is -0.0836 e. The topological polar surface area (TPSA) is 0 Å². The molecule has 4 aliphatic carbocycles. The van der Waals surface area contributed by atoms with Crippen LogP contribution in [0.4, 0.5) is 0 Å². The summed E-state index contributed by atoms with van der Waals surface area (Å²) in [5.74, 6) is 0. The predicted molar refractivity (Wildman–Crippen MR) is 375 cm³/mol.